The highest BCUT2D eigenvalue weighted by atomic mass is 16.7. The number of urea groups is 1. The number of non-ortho nitro benzene ring substituents is 1. The number of benzene rings is 2. The predicted molar refractivity (Wildman–Crippen MR) is 84.9 cm³/mol. The van der Waals surface area contributed by atoms with E-state index in [1.54, 1.807) is 18.2 Å². The lowest BCUT2D eigenvalue weighted by Gasteiger charge is -2.11. The van der Waals surface area contributed by atoms with Crippen LogP contribution in [0.4, 0.5) is 21.9 Å². The smallest absolute Gasteiger partial charge is 0.323 e. The summed E-state index contributed by atoms with van der Waals surface area (Å²) in [5.74, 6) is 1.34. The van der Waals surface area contributed by atoms with Crippen LogP contribution < -0.4 is 24.8 Å². The number of nitrogens with zero attached hydrogens (tertiary/aromatic N) is 1. The third-order valence-electron chi connectivity index (χ3n) is 3.27. The third-order valence-corrected chi connectivity index (χ3v) is 3.27. The molecule has 0 bridgehead atoms. The van der Waals surface area contributed by atoms with E-state index < -0.39 is 11.0 Å². The Hall–Kier alpha value is -3.49. The number of hydrogen-bond donors (Lipinski definition) is 2. The molecule has 2 amide bonds. The van der Waals surface area contributed by atoms with Crippen molar-refractivity contribution in [2.75, 3.05) is 24.5 Å². The van der Waals surface area contributed by atoms with Gasteiger partial charge in [0.05, 0.1) is 23.8 Å². The molecule has 0 saturated carbocycles. The highest BCUT2D eigenvalue weighted by Gasteiger charge is 2.16. The van der Waals surface area contributed by atoms with Gasteiger partial charge in [0, 0.05) is 17.8 Å². The van der Waals surface area contributed by atoms with Crippen molar-refractivity contribution in [2.24, 2.45) is 0 Å². The van der Waals surface area contributed by atoms with Crippen LogP contribution in [-0.2, 0) is 0 Å². The van der Waals surface area contributed by atoms with E-state index in [1.165, 1.54) is 25.3 Å². The van der Waals surface area contributed by atoms with Crippen molar-refractivity contribution in [3.05, 3.63) is 46.5 Å². The van der Waals surface area contributed by atoms with E-state index in [1.807, 2.05) is 0 Å². The van der Waals surface area contributed by atoms with E-state index in [0.29, 0.717) is 22.9 Å². The molecule has 0 atom stereocenters. The van der Waals surface area contributed by atoms with Gasteiger partial charge in [-0.05, 0) is 18.2 Å². The molecule has 0 aromatic heterocycles. The first-order chi connectivity index (χ1) is 11.6. The molecule has 2 aromatic rings. The fourth-order valence-corrected chi connectivity index (χ4v) is 2.16. The van der Waals surface area contributed by atoms with Gasteiger partial charge in [-0.25, -0.2) is 4.79 Å². The lowest BCUT2D eigenvalue weighted by molar-refractivity contribution is -0.384. The number of carbonyl (C=O) groups is 1. The highest BCUT2D eigenvalue weighted by molar-refractivity contribution is 6.01. The van der Waals surface area contributed by atoms with Crippen molar-refractivity contribution < 1.29 is 23.9 Å². The number of amides is 2. The fraction of sp³-hybridized carbons (Fsp3) is 0.133. The molecular formula is C15H13N3O6. The summed E-state index contributed by atoms with van der Waals surface area (Å²) in [4.78, 5) is 22.3. The van der Waals surface area contributed by atoms with E-state index in [9.17, 15) is 14.9 Å². The van der Waals surface area contributed by atoms with Gasteiger partial charge in [-0.3, -0.25) is 10.1 Å². The average Bonchev–Trinajstić information content (AvgIpc) is 3.02. The quantitative estimate of drug-likeness (QED) is 0.658. The van der Waals surface area contributed by atoms with Gasteiger partial charge < -0.3 is 24.8 Å². The Kier molecular flexibility index (Phi) is 4.06. The van der Waals surface area contributed by atoms with Crippen molar-refractivity contribution in [3.8, 4) is 17.2 Å². The topological polar surface area (TPSA) is 112 Å². The SMILES string of the molecule is COc1cc([N+](=O)[O-])ccc1NC(=O)Nc1ccc2c(c1)OCO2. The monoisotopic (exact) mass is 331 g/mol. The Morgan fingerprint density at radius 3 is 2.71 bits per heavy atom. The van der Waals surface area contributed by atoms with Crippen LogP contribution in [0.15, 0.2) is 36.4 Å². The third kappa shape index (κ3) is 3.14. The van der Waals surface area contributed by atoms with E-state index in [0.717, 1.165) is 0 Å². The molecule has 124 valence electrons. The first-order valence-corrected chi connectivity index (χ1v) is 6.87. The molecule has 0 fully saturated rings. The van der Waals surface area contributed by atoms with E-state index in [4.69, 9.17) is 14.2 Å². The molecule has 2 aromatic carbocycles. The first-order valence-electron chi connectivity index (χ1n) is 6.87. The van der Waals surface area contributed by atoms with Crippen LogP contribution in [-0.4, -0.2) is 24.9 Å². The van der Waals surface area contributed by atoms with Gasteiger partial charge in [0.15, 0.2) is 11.5 Å². The summed E-state index contributed by atoms with van der Waals surface area (Å²) in [5, 5.41) is 16.0. The van der Waals surface area contributed by atoms with Gasteiger partial charge in [-0.15, -0.1) is 0 Å². The zero-order valence-electron chi connectivity index (χ0n) is 12.6. The number of anilines is 2. The van der Waals surface area contributed by atoms with Crippen molar-refractivity contribution in [2.45, 2.75) is 0 Å². The van der Waals surface area contributed by atoms with Crippen LogP contribution in [0.25, 0.3) is 0 Å². The largest absolute Gasteiger partial charge is 0.494 e. The lowest BCUT2D eigenvalue weighted by atomic mass is 10.2. The maximum atomic E-state index is 12.1. The molecule has 3 rings (SSSR count). The standard InChI is InChI=1S/C15H13N3O6/c1-22-13-7-10(18(20)21)3-4-11(13)17-15(19)16-9-2-5-12-14(6-9)24-8-23-12/h2-7H,8H2,1H3,(H2,16,17,19). The zero-order valence-corrected chi connectivity index (χ0v) is 12.6. The molecule has 1 aliphatic rings. The summed E-state index contributed by atoms with van der Waals surface area (Å²) >= 11 is 0. The van der Waals surface area contributed by atoms with Crippen LogP contribution in [0.2, 0.25) is 0 Å². The molecule has 1 heterocycles. The van der Waals surface area contributed by atoms with Crippen molar-refractivity contribution in [1.82, 2.24) is 0 Å². The van der Waals surface area contributed by atoms with Crippen LogP contribution in [0.3, 0.4) is 0 Å². The van der Waals surface area contributed by atoms with Crippen molar-refractivity contribution in [1.29, 1.82) is 0 Å². The fourth-order valence-electron chi connectivity index (χ4n) is 2.16. The van der Waals surface area contributed by atoms with Gasteiger partial charge in [-0.2, -0.15) is 0 Å². The second-order valence-corrected chi connectivity index (χ2v) is 4.79. The van der Waals surface area contributed by atoms with Gasteiger partial charge in [-0.1, -0.05) is 0 Å². The van der Waals surface area contributed by atoms with E-state index in [-0.39, 0.29) is 18.2 Å². The van der Waals surface area contributed by atoms with Crippen LogP contribution in [0.1, 0.15) is 0 Å². The Morgan fingerprint density at radius 1 is 1.17 bits per heavy atom. The van der Waals surface area contributed by atoms with Crippen molar-refractivity contribution >= 4 is 23.1 Å². The first kappa shape index (κ1) is 15.4. The molecule has 9 nitrogen and oxygen atoms in total. The number of hydrogen-bond acceptors (Lipinski definition) is 6. The molecule has 0 unspecified atom stereocenters. The summed E-state index contributed by atoms with van der Waals surface area (Å²) in [6.45, 7) is 0.144. The summed E-state index contributed by atoms with van der Waals surface area (Å²) in [5.41, 5.74) is 0.688. The number of methoxy groups -OCH3 is 1. The van der Waals surface area contributed by atoms with Crippen LogP contribution in [0.5, 0.6) is 17.2 Å². The summed E-state index contributed by atoms with van der Waals surface area (Å²) < 4.78 is 15.5. The summed E-state index contributed by atoms with van der Waals surface area (Å²) in [7, 11) is 1.36. The molecule has 1 aliphatic heterocycles. The minimum absolute atomic E-state index is 0.131. The average molecular weight is 331 g/mol. The van der Waals surface area contributed by atoms with Gasteiger partial charge >= 0.3 is 6.03 Å². The van der Waals surface area contributed by atoms with E-state index >= 15 is 0 Å². The number of nitrogens with one attached hydrogen (secondary N) is 2. The molecule has 0 radical (unpaired) electrons. The van der Waals surface area contributed by atoms with Crippen LogP contribution >= 0.6 is 0 Å². The number of rotatable bonds is 4. The Morgan fingerprint density at radius 2 is 1.96 bits per heavy atom. The lowest BCUT2D eigenvalue weighted by Crippen LogP contribution is -2.19. The molecule has 9 heteroatoms. The highest BCUT2D eigenvalue weighted by Crippen LogP contribution is 2.34. The molecule has 0 saturated heterocycles. The predicted octanol–water partition coefficient (Wildman–Crippen LogP) is 2.98. The Labute approximate surface area is 136 Å². The maximum absolute atomic E-state index is 12.1. The Balaban J connectivity index is 1.71. The van der Waals surface area contributed by atoms with Crippen molar-refractivity contribution in [3.63, 3.8) is 0 Å². The second-order valence-electron chi connectivity index (χ2n) is 4.79. The summed E-state index contributed by atoms with van der Waals surface area (Å²) in [6.07, 6.45) is 0. The molecule has 2 N–H and O–H groups in total. The number of nitro benzene ring substituents is 1. The molecule has 0 spiro atoms. The number of fused-ring (bicyclic) bond motifs is 1. The zero-order chi connectivity index (χ0) is 17.1. The Bertz CT molecular complexity index is 808. The molecular weight excluding hydrogens is 318 g/mol. The molecule has 24 heavy (non-hydrogen) atoms. The normalized spacial score (nSPS) is 11.7. The number of ether oxygens (including phenoxy) is 3. The molecule has 0 aliphatic carbocycles. The number of carbonyl (C=O) groups excluding carboxylic acids is 1. The van der Waals surface area contributed by atoms with Gasteiger partial charge in [0.1, 0.15) is 5.75 Å². The van der Waals surface area contributed by atoms with E-state index in [2.05, 4.69) is 10.6 Å². The maximum Gasteiger partial charge on any atom is 0.323 e. The number of nitro groups is 1. The minimum Gasteiger partial charge on any atom is -0.494 e. The summed E-state index contributed by atoms with van der Waals surface area (Å²) in [6, 6.07) is 8.37. The minimum atomic E-state index is -0.543. The van der Waals surface area contributed by atoms with Gasteiger partial charge in [0.25, 0.3) is 5.69 Å². The van der Waals surface area contributed by atoms with Gasteiger partial charge in [0.2, 0.25) is 6.79 Å². The van der Waals surface area contributed by atoms with Crippen LogP contribution in [0, 0.1) is 10.1 Å². The second kappa shape index (κ2) is 6.32.